The lowest BCUT2D eigenvalue weighted by molar-refractivity contribution is -0.139. The van der Waals surface area contributed by atoms with E-state index in [1.165, 1.54) is 4.90 Å². The van der Waals surface area contributed by atoms with Gasteiger partial charge in [-0.05, 0) is 54.5 Å². The Labute approximate surface area is 257 Å². The van der Waals surface area contributed by atoms with Crippen molar-refractivity contribution in [1.82, 2.24) is 15.5 Å². The van der Waals surface area contributed by atoms with Crippen LogP contribution in [-0.2, 0) is 20.7 Å². The van der Waals surface area contributed by atoms with Crippen LogP contribution in [0.3, 0.4) is 0 Å². The third-order valence-electron chi connectivity index (χ3n) is 8.09. The lowest BCUT2D eigenvalue weighted by atomic mass is 9.99. The van der Waals surface area contributed by atoms with E-state index in [2.05, 4.69) is 30.7 Å². The number of unbranched alkanes of at least 4 members (excludes halogenated alkanes) is 2. The van der Waals surface area contributed by atoms with Crippen molar-refractivity contribution in [3.8, 4) is 5.75 Å². The van der Waals surface area contributed by atoms with Gasteiger partial charge < -0.3 is 30.1 Å². The van der Waals surface area contributed by atoms with Crippen LogP contribution in [0, 0.1) is 0 Å². The summed E-state index contributed by atoms with van der Waals surface area (Å²) in [5.74, 6) is 0.382. The zero-order valence-corrected chi connectivity index (χ0v) is 26.0. The van der Waals surface area contributed by atoms with Gasteiger partial charge in [-0.1, -0.05) is 68.3 Å². The summed E-state index contributed by atoms with van der Waals surface area (Å²) in [6, 6.07) is 14.4. The number of rotatable bonds is 19. The lowest BCUT2D eigenvalue weighted by Crippen LogP contribution is -2.55. The second-order valence-corrected chi connectivity index (χ2v) is 11.2. The minimum Gasteiger partial charge on any atom is -0.497 e. The fraction of sp³-hybridized carbons (Fsp3) is 0.486. The van der Waals surface area contributed by atoms with Crippen LogP contribution in [0.4, 0.5) is 0 Å². The van der Waals surface area contributed by atoms with Crippen LogP contribution in [0.2, 0.25) is 0 Å². The van der Waals surface area contributed by atoms with Crippen molar-refractivity contribution in [2.75, 3.05) is 27.3 Å². The fourth-order valence-corrected chi connectivity index (χ4v) is 5.59. The number of aliphatic hydroxyl groups is 1. The normalized spacial score (nSPS) is 17.8. The summed E-state index contributed by atoms with van der Waals surface area (Å²) in [6.07, 6.45) is 7.02. The van der Waals surface area contributed by atoms with Crippen LogP contribution < -0.4 is 15.4 Å². The van der Waals surface area contributed by atoms with E-state index in [1.807, 2.05) is 48.5 Å². The van der Waals surface area contributed by atoms with Crippen LogP contribution in [0.5, 0.6) is 5.75 Å². The molecule has 8 nitrogen and oxygen atoms in total. The van der Waals surface area contributed by atoms with Crippen molar-refractivity contribution in [2.45, 2.75) is 82.2 Å². The quantitative estimate of drug-likeness (QED) is 0.156. The number of methoxy groups -OCH3 is 1. The standard InChI is InChI=1S/C35H49N3O5/c1-6-9-11-17-34(40)38(4)31(14-7-2)35(41)37-30(21-25-15-12-10-13-16-25)32(39)24-36-29-23-33(43-20-8-3)27-19-18-26(42-5)22-28(27)29/h7-8,10,12-13,15-16,18-19,22,29-33,36,39H,2-3,6,9,11,14,17,20-21,23-24H2,1,4-5H3,(H,37,41)/t29-,30-,31-,32-,33+/m0/s1. The zero-order chi connectivity index (χ0) is 31.2. The van der Waals surface area contributed by atoms with E-state index in [0.29, 0.717) is 32.3 Å². The number of nitrogens with zero attached hydrogens (tertiary/aromatic N) is 1. The minimum atomic E-state index is -0.902. The lowest BCUT2D eigenvalue weighted by Gasteiger charge is -2.31. The molecule has 3 rings (SSSR count). The van der Waals surface area contributed by atoms with Gasteiger partial charge in [-0.15, -0.1) is 13.2 Å². The first-order chi connectivity index (χ1) is 20.8. The molecule has 0 aliphatic heterocycles. The number of carbonyl (C=O) groups excluding carboxylic acids is 2. The van der Waals surface area contributed by atoms with Crippen molar-refractivity contribution >= 4 is 11.8 Å². The van der Waals surface area contributed by atoms with E-state index in [-0.39, 0.29) is 30.5 Å². The van der Waals surface area contributed by atoms with Gasteiger partial charge in [0.25, 0.3) is 0 Å². The summed E-state index contributed by atoms with van der Waals surface area (Å²) in [5, 5.41) is 18.1. The van der Waals surface area contributed by atoms with Gasteiger partial charge >= 0.3 is 0 Å². The highest BCUT2D eigenvalue weighted by Gasteiger charge is 2.34. The topological polar surface area (TPSA) is 100 Å². The van der Waals surface area contributed by atoms with Crippen molar-refractivity contribution < 1.29 is 24.2 Å². The van der Waals surface area contributed by atoms with Gasteiger partial charge in [0.2, 0.25) is 11.8 Å². The van der Waals surface area contributed by atoms with E-state index >= 15 is 0 Å². The predicted octanol–water partition coefficient (Wildman–Crippen LogP) is 5.05. The molecule has 3 N–H and O–H groups in total. The number of amides is 2. The van der Waals surface area contributed by atoms with Gasteiger partial charge in [0, 0.05) is 26.1 Å². The summed E-state index contributed by atoms with van der Waals surface area (Å²) >= 11 is 0. The molecule has 0 unspecified atom stereocenters. The minimum absolute atomic E-state index is 0.0666. The molecule has 43 heavy (non-hydrogen) atoms. The summed E-state index contributed by atoms with van der Waals surface area (Å²) < 4.78 is 11.5. The Morgan fingerprint density at radius 1 is 1.12 bits per heavy atom. The number of benzene rings is 2. The predicted molar refractivity (Wildman–Crippen MR) is 171 cm³/mol. The molecule has 0 fully saturated rings. The van der Waals surface area contributed by atoms with Gasteiger partial charge in [-0.3, -0.25) is 9.59 Å². The number of ether oxygens (including phenoxy) is 2. The van der Waals surface area contributed by atoms with E-state index in [4.69, 9.17) is 9.47 Å². The second kappa shape index (κ2) is 17.6. The molecular formula is C35H49N3O5. The molecule has 0 bridgehead atoms. The molecular weight excluding hydrogens is 542 g/mol. The molecule has 0 saturated carbocycles. The van der Waals surface area contributed by atoms with Gasteiger partial charge in [-0.2, -0.15) is 0 Å². The molecule has 234 valence electrons. The Hall–Kier alpha value is -3.46. The molecule has 0 saturated heterocycles. The Balaban J connectivity index is 1.75. The maximum absolute atomic E-state index is 13.6. The Morgan fingerprint density at radius 3 is 2.56 bits per heavy atom. The van der Waals surface area contributed by atoms with E-state index in [1.54, 1.807) is 26.3 Å². The molecule has 0 radical (unpaired) electrons. The Morgan fingerprint density at radius 2 is 1.88 bits per heavy atom. The Bertz CT molecular complexity index is 1190. The second-order valence-electron chi connectivity index (χ2n) is 11.2. The monoisotopic (exact) mass is 591 g/mol. The highest BCUT2D eigenvalue weighted by atomic mass is 16.5. The number of hydrogen-bond acceptors (Lipinski definition) is 6. The molecule has 1 aliphatic rings. The first-order valence-electron chi connectivity index (χ1n) is 15.3. The highest BCUT2D eigenvalue weighted by molar-refractivity contribution is 5.88. The summed E-state index contributed by atoms with van der Waals surface area (Å²) in [4.78, 5) is 28.0. The molecule has 0 aromatic heterocycles. The molecule has 0 heterocycles. The van der Waals surface area contributed by atoms with Gasteiger partial charge in [0.1, 0.15) is 11.8 Å². The third-order valence-corrected chi connectivity index (χ3v) is 8.09. The largest absolute Gasteiger partial charge is 0.497 e. The summed E-state index contributed by atoms with van der Waals surface area (Å²) in [6.45, 7) is 10.3. The highest BCUT2D eigenvalue weighted by Crippen LogP contribution is 2.42. The number of aliphatic hydroxyl groups excluding tert-OH is 1. The first kappa shape index (κ1) is 34.0. The SMILES string of the molecule is C=CCO[C@@H]1C[C@H](NC[C@H](O)[C@H](Cc2ccccc2)NC(=O)[C@H](CC=C)N(C)C(=O)CCCCC)c2cc(OC)ccc21. The molecule has 0 spiro atoms. The van der Waals surface area contributed by atoms with E-state index in [0.717, 1.165) is 41.7 Å². The van der Waals surface area contributed by atoms with Crippen LogP contribution in [0.1, 0.15) is 74.3 Å². The van der Waals surface area contributed by atoms with Crippen LogP contribution in [-0.4, -0.2) is 67.3 Å². The van der Waals surface area contributed by atoms with Crippen molar-refractivity contribution in [3.63, 3.8) is 0 Å². The van der Waals surface area contributed by atoms with Gasteiger partial charge in [0.05, 0.1) is 32.0 Å². The smallest absolute Gasteiger partial charge is 0.243 e. The third kappa shape index (κ3) is 9.78. The van der Waals surface area contributed by atoms with Crippen LogP contribution in [0.25, 0.3) is 0 Å². The molecule has 5 atom stereocenters. The van der Waals surface area contributed by atoms with Crippen LogP contribution >= 0.6 is 0 Å². The summed E-state index contributed by atoms with van der Waals surface area (Å²) in [7, 11) is 3.31. The van der Waals surface area contributed by atoms with Crippen molar-refractivity contribution in [2.24, 2.45) is 0 Å². The number of hydrogen-bond donors (Lipinski definition) is 3. The Kier molecular flexibility index (Phi) is 13.9. The molecule has 1 aliphatic carbocycles. The van der Waals surface area contributed by atoms with Crippen molar-refractivity contribution in [3.05, 3.63) is 90.5 Å². The van der Waals surface area contributed by atoms with Crippen LogP contribution in [0.15, 0.2) is 73.8 Å². The maximum Gasteiger partial charge on any atom is 0.243 e. The maximum atomic E-state index is 13.6. The number of fused-ring (bicyclic) bond motifs is 1. The van der Waals surface area contributed by atoms with E-state index in [9.17, 15) is 14.7 Å². The number of nitrogens with one attached hydrogen (secondary N) is 2. The fourth-order valence-electron chi connectivity index (χ4n) is 5.59. The average molecular weight is 592 g/mol. The van der Waals surface area contributed by atoms with Gasteiger partial charge in [0.15, 0.2) is 0 Å². The number of carbonyl (C=O) groups is 2. The average Bonchev–Trinajstić information content (AvgIpc) is 3.37. The van der Waals surface area contributed by atoms with E-state index < -0.39 is 18.2 Å². The first-order valence-corrected chi connectivity index (χ1v) is 15.3. The molecule has 8 heteroatoms. The molecule has 2 amide bonds. The molecule has 2 aromatic rings. The molecule has 2 aromatic carbocycles. The number of likely N-dealkylation sites (N-methyl/N-ethyl adjacent to an activating group) is 1. The summed E-state index contributed by atoms with van der Waals surface area (Å²) in [5.41, 5.74) is 3.14. The zero-order valence-electron chi connectivity index (χ0n) is 26.0. The van der Waals surface area contributed by atoms with Gasteiger partial charge in [-0.25, -0.2) is 0 Å². The van der Waals surface area contributed by atoms with Crippen molar-refractivity contribution in [1.29, 1.82) is 0 Å².